The zero-order valence-corrected chi connectivity index (χ0v) is 12.9. The highest BCUT2D eigenvalue weighted by Crippen LogP contribution is 2.25. The van der Waals surface area contributed by atoms with Crippen LogP contribution in [0, 0.1) is 5.92 Å². The van der Waals surface area contributed by atoms with Crippen molar-refractivity contribution in [1.82, 2.24) is 20.1 Å². The van der Waals surface area contributed by atoms with E-state index in [0.29, 0.717) is 24.0 Å². The van der Waals surface area contributed by atoms with Gasteiger partial charge in [-0.05, 0) is 25.8 Å². The lowest BCUT2D eigenvalue weighted by molar-refractivity contribution is 0.573. The number of thioether (sulfide) groups is 1. The summed E-state index contributed by atoms with van der Waals surface area (Å²) in [5, 5.41) is 12.2. The Hall–Kier alpha value is -0.600. The fraction of sp³-hybridized carbons (Fsp3) is 0.818. The van der Waals surface area contributed by atoms with Gasteiger partial charge in [0.25, 0.3) is 0 Å². The van der Waals surface area contributed by atoms with E-state index in [0.717, 1.165) is 29.6 Å². The van der Waals surface area contributed by atoms with Crippen LogP contribution in [0.25, 0.3) is 0 Å². The third-order valence-corrected chi connectivity index (χ3v) is 6.23. The van der Waals surface area contributed by atoms with Gasteiger partial charge < -0.3 is 9.88 Å². The minimum absolute atomic E-state index is 0.322. The van der Waals surface area contributed by atoms with Crippen LogP contribution in [0.3, 0.4) is 0 Å². The maximum Gasteiger partial charge on any atom is 0.190 e. The first-order chi connectivity index (χ1) is 9.02. The average molecular weight is 304 g/mol. The lowest BCUT2D eigenvalue weighted by Gasteiger charge is -2.07. The summed E-state index contributed by atoms with van der Waals surface area (Å²) in [5.74, 6) is 2.85. The van der Waals surface area contributed by atoms with Crippen molar-refractivity contribution >= 4 is 21.6 Å². The molecule has 1 aliphatic heterocycles. The Balaban J connectivity index is 1.80. The van der Waals surface area contributed by atoms with Crippen molar-refractivity contribution in [2.24, 2.45) is 13.0 Å². The standard InChI is InChI=1S/C11H20N4O2S2/c1-12-7-10-13-14-11(15(10)2)18-5-3-9-4-6-19(16,17)8-9/h9,12H,3-8H2,1-2H3/t9-/m0/s1. The quantitative estimate of drug-likeness (QED) is 0.769. The van der Waals surface area contributed by atoms with Crippen LogP contribution in [-0.4, -0.2) is 47.5 Å². The molecule has 108 valence electrons. The van der Waals surface area contributed by atoms with Gasteiger partial charge in [-0.3, -0.25) is 0 Å². The number of hydrogen-bond acceptors (Lipinski definition) is 6. The molecule has 2 rings (SSSR count). The van der Waals surface area contributed by atoms with Gasteiger partial charge in [-0.15, -0.1) is 10.2 Å². The molecule has 0 saturated carbocycles. The van der Waals surface area contributed by atoms with Crippen LogP contribution in [0.4, 0.5) is 0 Å². The summed E-state index contributed by atoms with van der Waals surface area (Å²) in [7, 11) is 1.08. The highest BCUT2D eigenvalue weighted by Gasteiger charge is 2.27. The molecule has 1 N–H and O–H groups in total. The maximum absolute atomic E-state index is 11.4. The van der Waals surface area contributed by atoms with Gasteiger partial charge in [-0.1, -0.05) is 11.8 Å². The molecule has 1 saturated heterocycles. The monoisotopic (exact) mass is 304 g/mol. The van der Waals surface area contributed by atoms with E-state index >= 15 is 0 Å². The van der Waals surface area contributed by atoms with Crippen molar-refractivity contribution in [3.05, 3.63) is 5.82 Å². The fourth-order valence-electron chi connectivity index (χ4n) is 2.20. The number of rotatable bonds is 6. The largest absolute Gasteiger partial charge is 0.313 e. The SMILES string of the molecule is CNCc1nnc(SCC[C@H]2CCS(=O)(=O)C2)n1C. The van der Waals surface area contributed by atoms with Crippen LogP contribution in [0.1, 0.15) is 18.7 Å². The summed E-state index contributed by atoms with van der Waals surface area (Å²) in [4.78, 5) is 0. The summed E-state index contributed by atoms with van der Waals surface area (Å²) >= 11 is 1.65. The molecule has 1 aliphatic rings. The molecule has 0 aliphatic carbocycles. The molecule has 0 aromatic carbocycles. The number of nitrogens with zero attached hydrogens (tertiary/aromatic N) is 3. The van der Waals surface area contributed by atoms with Crippen molar-refractivity contribution in [2.75, 3.05) is 24.3 Å². The van der Waals surface area contributed by atoms with E-state index in [1.54, 1.807) is 11.8 Å². The highest BCUT2D eigenvalue weighted by molar-refractivity contribution is 7.99. The van der Waals surface area contributed by atoms with E-state index in [-0.39, 0.29) is 0 Å². The van der Waals surface area contributed by atoms with Gasteiger partial charge in [-0.2, -0.15) is 0 Å². The summed E-state index contributed by atoms with van der Waals surface area (Å²) in [5.41, 5.74) is 0. The summed E-state index contributed by atoms with van der Waals surface area (Å²) in [6, 6.07) is 0. The van der Waals surface area contributed by atoms with E-state index in [1.165, 1.54) is 0 Å². The molecular formula is C11H20N4O2S2. The zero-order chi connectivity index (χ0) is 13.9. The fourth-order valence-corrected chi connectivity index (χ4v) is 5.14. The maximum atomic E-state index is 11.4. The number of hydrogen-bond donors (Lipinski definition) is 1. The second kappa shape index (κ2) is 6.23. The molecule has 0 bridgehead atoms. The smallest absolute Gasteiger partial charge is 0.190 e. The molecule has 2 heterocycles. The second-order valence-corrected chi connectivity index (χ2v) is 8.19. The lowest BCUT2D eigenvalue weighted by Crippen LogP contribution is -2.10. The first-order valence-corrected chi connectivity index (χ1v) is 9.18. The van der Waals surface area contributed by atoms with Crippen molar-refractivity contribution in [2.45, 2.75) is 24.5 Å². The average Bonchev–Trinajstić information content (AvgIpc) is 2.86. The zero-order valence-electron chi connectivity index (χ0n) is 11.3. The normalized spacial score (nSPS) is 21.9. The van der Waals surface area contributed by atoms with Crippen LogP contribution in [0.2, 0.25) is 0 Å². The second-order valence-electron chi connectivity index (χ2n) is 4.89. The van der Waals surface area contributed by atoms with Crippen LogP contribution in [0.15, 0.2) is 5.16 Å². The van der Waals surface area contributed by atoms with Crippen molar-refractivity contribution < 1.29 is 8.42 Å². The van der Waals surface area contributed by atoms with Crippen LogP contribution < -0.4 is 5.32 Å². The van der Waals surface area contributed by atoms with Gasteiger partial charge in [0.15, 0.2) is 15.0 Å². The molecular weight excluding hydrogens is 284 g/mol. The Labute approximate surface area is 118 Å². The molecule has 1 aromatic rings. The minimum Gasteiger partial charge on any atom is -0.313 e. The van der Waals surface area contributed by atoms with E-state index in [4.69, 9.17) is 0 Å². The first kappa shape index (κ1) is 14.8. The Bertz CT molecular complexity index is 527. The number of nitrogens with one attached hydrogen (secondary N) is 1. The van der Waals surface area contributed by atoms with E-state index in [1.807, 2.05) is 18.7 Å². The molecule has 1 atom stereocenters. The van der Waals surface area contributed by atoms with Gasteiger partial charge >= 0.3 is 0 Å². The predicted octanol–water partition coefficient (Wildman–Crippen LogP) is 0.451. The molecule has 1 aromatic heterocycles. The van der Waals surface area contributed by atoms with Gasteiger partial charge in [0, 0.05) is 12.8 Å². The van der Waals surface area contributed by atoms with E-state index in [2.05, 4.69) is 15.5 Å². The van der Waals surface area contributed by atoms with Crippen LogP contribution in [-0.2, 0) is 23.4 Å². The summed E-state index contributed by atoms with van der Waals surface area (Å²) in [6.07, 6.45) is 1.74. The Morgan fingerprint density at radius 3 is 2.89 bits per heavy atom. The molecule has 0 unspecified atom stereocenters. The Morgan fingerprint density at radius 1 is 1.47 bits per heavy atom. The van der Waals surface area contributed by atoms with Crippen molar-refractivity contribution in [1.29, 1.82) is 0 Å². The molecule has 8 heteroatoms. The van der Waals surface area contributed by atoms with Gasteiger partial charge in [0.2, 0.25) is 0 Å². The minimum atomic E-state index is -2.75. The number of aromatic nitrogens is 3. The Kier molecular flexibility index (Phi) is 4.86. The molecule has 0 spiro atoms. The number of sulfone groups is 1. The molecule has 1 fully saturated rings. The van der Waals surface area contributed by atoms with Crippen LogP contribution in [0.5, 0.6) is 0 Å². The van der Waals surface area contributed by atoms with Gasteiger partial charge in [0.1, 0.15) is 5.82 Å². The first-order valence-electron chi connectivity index (χ1n) is 6.38. The molecule has 19 heavy (non-hydrogen) atoms. The predicted molar refractivity (Wildman–Crippen MR) is 75.9 cm³/mol. The van der Waals surface area contributed by atoms with Gasteiger partial charge in [-0.25, -0.2) is 8.42 Å². The Morgan fingerprint density at radius 2 is 2.26 bits per heavy atom. The molecule has 0 radical (unpaired) electrons. The van der Waals surface area contributed by atoms with Crippen molar-refractivity contribution in [3.8, 4) is 0 Å². The third kappa shape index (κ3) is 3.93. The van der Waals surface area contributed by atoms with Crippen LogP contribution >= 0.6 is 11.8 Å². The van der Waals surface area contributed by atoms with E-state index < -0.39 is 9.84 Å². The summed E-state index contributed by atoms with van der Waals surface area (Å²) < 4.78 is 24.7. The molecule has 0 amide bonds. The van der Waals surface area contributed by atoms with Gasteiger partial charge in [0.05, 0.1) is 18.1 Å². The summed E-state index contributed by atoms with van der Waals surface area (Å²) in [6.45, 7) is 0.699. The highest BCUT2D eigenvalue weighted by atomic mass is 32.2. The van der Waals surface area contributed by atoms with E-state index in [9.17, 15) is 8.42 Å². The topological polar surface area (TPSA) is 76.9 Å². The van der Waals surface area contributed by atoms with Crippen molar-refractivity contribution in [3.63, 3.8) is 0 Å². The third-order valence-electron chi connectivity index (χ3n) is 3.34. The molecule has 6 nitrogen and oxygen atoms in total. The lowest BCUT2D eigenvalue weighted by atomic mass is 10.1.